The van der Waals surface area contributed by atoms with E-state index in [9.17, 15) is 46.9 Å². The van der Waals surface area contributed by atoms with Gasteiger partial charge in [-0.3, -0.25) is 9.59 Å². The van der Waals surface area contributed by atoms with Gasteiger partial charge in [-0.1, -0.05) is 0 Å². The van der Waals surface area contributed by atoms with Gasteiger partial charge >= 0.3 is 0 Å². The molecule has 0 heterocycles. The molecule has 0 aromatic heterocycles. The van der Waals surface area contributed by atoms with Crippen molar-refractivity contribution in [3.05, 3.63) is 0 Å². The largest absolute Gasteiger partial charge is 0.375 e. The average molecular weight is 362 g/mol. The second-order valence-corrected chi connectivity index (χ2v) is 9.22. The first-order chi connectivity index (χ1) is 9.45. The summed E-state index contributed by atoms with van der Waals surface area (Å²) in [5, 5.41) is 39.9. The molecule has 0 radical (unpaired) electrons. The van der Waals surface area contributed by atoms with Crippen molar-refractivity contribution in [3.63, 3.8) is 0 Å². The molecule has 0 aliphatic rings. The monoisotopic (exact) mass is 362 g/mol. The highest BCUT2D eigenvalue weighted by Crippen LogP contribution is 2.35. The molecule has 4 N–H and O–H groups in total. The molecular weight excluding hydrogens is 344 g/mol. The highest BCUT2D eigenvalue weighted by molar-refractivity contribution is 7.91. The summed E-state index contributed by atoms with van der Waals surface area (Å²) in [6, 6.07) is 0. The van der Waals surface area contributed by atoms with E-state index in [0.717, 1.165) is 0 Å². The van der Waals surface area contributed by atoms with Gasteiger partial charge in [0.1, 0.15) is 0 Å². The normalized spacial score (nSPS) is 21.3. The SMILES string of the molecule is CC(=O)[C@@](O)(C(O)S(C)(=O)=O)[C@](O)(C(C)=O)C(O)S(C)(=O)=O. The maximum atomic E-state index is 11.6. The molecule has 0 aromatic rings. The molecule has 22 heavy (non-hydrogen) atoms. The van der Waals surface area contributed by atoms with Crippen molar-refractivity contribution in [1.29, 1.82) is 0 Å². The minimum Gasteiger partial charge on any atom is -0.375 e. The van der Waals surface area contributed by atoms with Gasteiger partial charge in [-0.25, -0.2) is 16.8 Å². The Morgan fingerprint density at radius 3 is 1.05 bits per heavy atom. The van der Waals surface area contributed by atoms with Crippen LogP contribution in [0.4, 0.5) is 0 Å². The van der Waals surface area contributed by atoms with Crippen LogP contribution >= 0.6 is 0 Å². The summed E-state index contributed by atoms with van der Waals surface area (Å²) >= 11 is 0. The fraction of sp³-hybridized carbons (Fsp3) is 0.800. The van der Waals surface area contributed by atoms with Gasteiger partial charge in [-0.05, 0) is 13.8 Å². The van der Waals surface area contributed by atoms with Crippen LogP contribution in [0.25, 0.3) is 0 Å². The first kappa shape index (κ1) is 21.1. The zero-order valence-electron chi connectivity index (χ0n) is 12.2. The number of aliphatic hydroxyl groups is 4. The standard InChI is InChI=1S/C10H18O10S2/c1-5(11)9(15,7(13)21(3,17)18)10(16,6(2)12)8(14)22(4,19)20/h7-8,13-16H,1-4H3/t7?,8?,9-,10+. The third kappa shape index (κ3) is 3.21. The van der Waals surface area contributed by atoms with Gasteiger partial charge in [0.25, 0.3) is 0 Å². The maximum Gasteiger partial charge on any atom is 0.202 e. The van der Waals surface area contributed by atoms with Crippen LogP contribution in [0.3, 0.4) is 0 Å². The van der Waals surface area contributed by atoms with E-state index in [2.05, 4.69) is 0 Å². The number of ketones is 2. The maximum absolute atomic E-state index is 11.6. The number of hydrogen-bond acceptors (Lipinski definition) is 10. The van der Waals surface area contributed by atoms with Crippen LogP contribution in [0, 0.1) is 0 Å². The molecule has 0 bridgehead atoms. The molecule has 0 aliphatic carbocycles. The Morgan fingerprint density at radius 1 is 0.773 bits per heavy atom. The van der Waals surface area contributed by atoms with Gasteiger partial charge in [0, 0.05) is 12.5 Å². The van der Waals surface area contributed by atoms with Crippen LogP contribution in [0.1, 0.15) is 13.8 Å². The highest BCUT2D eigenvalue weighted by Gasteiger charge is 2.68. The molecule has 0 spiro atoms. The number of Topliss-reactive ketones (excluding diaryl/α,β-unsaturated/α-hetero) is 2. The molecule has 0 saturated heterocycles. The van der Waals surface area contributed by atoms with Crippen LogP contribution in [0.5, 0.6) is 0 Å². The Morgan fingerprint density at radius 2 is 0.955 bits per heavy atom. The molecular formula is C10H18O10S2. The van der Waals surface area contributed by atoms with Crippen molar-refractivity contribution in [2.24, 2.45) is 0 Å². The van der Waals surface area contributed by atoms with E-state index >= 15 is 0 Å². The minimum absolute atomic E-state index is 0.374. The average Bonchev–Trinajstić information content (AvgIpc) is 2.31. The third-order valence-corrected chi connectivity index (χ3v) is 5.48. The fourth-order valence-corrected chi connectivity index (χ4v) is 3.81. The minimum atomic E-state index is -4.63. The number of carbonyl (C=O) groups is 2. The van der Waals surface area contributed by atoms with Crippen molar-refractivity contribution in [1.82, 2.24) is 0 Å². The van der Waals surface area contributed by atoms with Gasteiger partial charge in [-0.2, -0.15) is 0 Å². The van der Waals surface area contributed by atoms with Crippen molar-refractivity contribution >= 4 is 31.2 Å². The van der Waals surface area contributed by atoms with E-state index in [1.807, 2.05) is 0 Å². The van der Waals surface area contributed by atoms with Crippen molar-refractivity contribution < 1.29 is 46.9 Å². The molecule has 0 fully saturated rings. The first-order valence-corrected chi connectivity index (χ1v) is 9.56. The van der Waals surface area contributed by atoms with Crippen molar-refractivity contribution in [2.45, 2.75) is 35.9 Å². The predicted molar refractivity (Wildman–Crippen MR) is 73.0 cm³/mol. The second-order valence-electron chi connectivity index (χ2n) is 5.01. The zero-order valence-corrected chi connectivity index (χ0v) is 13.8. The van der Waals surface area contributed by atoms with Crippen LogP contribution in [-0.2, 0) is 29.3 Å². The van der Waals surface area contributed by atoms with Crippen molar-refractivity contribution in [2.75, 3.05) is 12.5 Å². The highest BCUT2D eigenvalue weighted by atomic mass is 32.2. The molecule has 130 valence electrons. The van der Waals surface area contributed by atoms with Crippen LogP contribution in [-0.4, -0.2) is 83.4 Å². The summed E-state index contributed by atoms with van der Waals surface area (Å²) in [6.45, 7) is 1.02. The van der Waals surface area contributed by atoms with Crippen LogP contribution < -0.4 is 0 Å². The van der Waals surface area contributed by atoms with Gasteiger partial charge < -0.3 is 20.4 Å². The molecule has 0 aliphatic heterocycles. The number of rotatable bonds is 7. The van der Waals surface area contributed by atoms with E-state index in [0.29, 0.717) is 26.4 Å². The molecule has 0 amide bonds. The summed E-state index contributed by atoms with van der Waals surface area (Å²) in [6.07, 6.45) is 0.748. The van der Waals surface area contributed by atoms with E-state index in [-0.39, 0.29) is 0 Å². The second kappa shape index (κ2) is 5.94. The summed E-state index contributed by atoms with van der Waals surface area (Å²) in [4.78, 5) is 23.3. The van der Waals surface area contributed by atoms with Crippen LogP contribution in [0.2, 0.25) is 0 Å². The molecule has 10 nitrogen and oxygen atoms in total. The topological polar surface area (TPSA) is 183 Å². The fourth-order valence-electron chi connectivity index (χ4n) is 1.88. The lowest BCUT2D eigenvalue weighted by molar-refractivity contribution is -0.206. The first-order valence-electron chi connectivity index (χ1n) is 5.65. The Balaban J connectivity index is 6.79. The zero-order chi connectivity index (χ0) is 18.3. The Labute approximate surface area is 127 Å². The number of sulfone groups is 2. The molecule has 4 atom stereocenters. The predicted octanol–water partition coefficient (Wildman–Crippen LogP) is -3.65. The molecule has 0 saturated carbocycles. The number of hydrogen-bond donors (Lipinski definition) is 4. The van der Waals surface area contributed by atoms with E-state index in [4.69, 9.17) is 0 Å². The smallest absolute Gasteiger partial charge is 0.202 e. The number of carbonyl (C=O) groups excluding carboxylic acids is 2. The lowest BCUT2D eigenvalue weighted by Crippen LogP contribution is -2.75. The Hall–Kier alpha value is -0.920. The molecule has 12 heteroatoms. The van der Waals surface area contributed by atoms with Crippen LogP contribution in [0.15, 0.2) is 0 Å². The van der Waals surface area contributed by atoms with Gasteiger partial charge in [0.2, 0.25) is 11.2 Å². The lowest BCUT2D eigenvalue weighted by atomic mass is 9.77. The van der Waals surface area contributed by atoms with E-state index in [1.165, 1.54) is 0 Å². The molecule has 0 rings (SSSR count). The summed E-state index contributed by atoms with van der Waals surface area (Å²) in [5.74, 6) is -3.27. The Kier molecular flexibility index (Phi) is 5.69. The summed E-state index contributed by atoms with van der Waals surface area (Å²) < 4.78 is 45.6. The number of aliphatic hydroxyl groups excluding tert-OH is 2. The Bertz CT molecular complexity index is 618. The van der Waals surface area contributed by atoms with E-state index < -0.39 is 53.3 Å². The van der Waals surface area contributed by atoms with Gasteiger partial charge in [-0.15, -0.1) is 0 Å². The lowest BCUT2D eigenvalue weighted by Gasteiger charge is -2.43. The van der Waals surface area contributed by atoms with Crippen molar-refractivity contribution in [3.8, 4) is 0 Å². The van der Waals surface area contributed by atoms with Gasteiger partial charge in [0.05, 0.1) is 0 Å². The van der Waals surface area contributed by atoms with E-state index in [1.54, 1.807) is 0 Å². The molecule has 0 aromatic carbocycles. The molecule has 2 unspecified atom stereocenters. The summed E-state index contributed by atoms with van der Waals surface area (Å²) in [5.41, 5.74) is -13.7. The quantitative estimate of drug-likeness (QED) is 0.352. The third-order valence-electron chi connectivity index (χ3n) is 3.18. The van der Waals surface area contributed by atoms with Gasteiger partial charge in [0.15, 0.2) is 42.1 Å². The summed E-state index contributed by atoms with van der Waals surface area (Å²) in [7, 11) is -9.27.